The molecule has 0 radical (unpaired) electrons. The molecular formula is C11H18N2OS. The number of thiazole rings is 1. The third-order valence-electron chi connectivity index (χ3n) is 3.00. The van der Waals surface area contributed by atoms with E-state index in [1.807, 2.05) is 0 Å². The third-order valence-corrected chi connectivity index (χ3v) is 4.01. The lowest BCUT2D eigenvalue weighted by Gasteiger charge is -2.19. The van der Waals surface area contributed by atoms with Crippen molar-refractivity contribution >= 4 is 11.3 Å². The zero-order valence-electron chi connectivity index (χ0n) is 9.32. The summed E-state index contributed by atoms with van der Waals surface area (Å²) in [4.78, 5) is 4.69. The van der Waals surface area contributed by atoms with E-state index < -0.39 is 0 Å². The summed E-state index contributed by atoms with van der Waals surface area (Å²) in [6.07, 6.45) is 1.11. The summed E-state index contributed by atoms with van der Waals surface area (Å²) >= 11 is 1.74. The van der Waals surface area contributed by atoms with Gasteiger partial charge in [0, 0.05) is 29.9 Å². The molecule has 1 saturated heterocycles. The standard InChI is InChI=1S/C11H18N2OS/c1-11(2,7-12)9-6-15-10(13-9)8-3-4-14-5-8/h6,8H,3-5,7,12H2,1-2H3. The molecular weight excluding hydrogens is 208 g/mol. The van der Waals surface area contributed by atoms with Gasteiger partial charge in [0.05, 0.1) is 17.3 Å². The Morgan fingerprint density at radius 3 is 3.07 bits per heavy atom. The van der Waals surface area contributed by atoms with Crippen molar-refractivity contribution < 1.29 is 4.74 Å². The van der Waals surface area contributed by atoms with Crippen LogP contribution >= 0.6 is 11.3 Å². The lowest BCUT2D eigenvalue weighted by molar-refractivity contribution is 0.194. The highest BCUT2D eigenvalue weighted by Gasteiger charge is 2.25. The molecule has 0 aliphatic carbocycles. The first-order valence-corrected chi connectivity index (χ1v) is 6.25. The average Bonchev–Trinajstić information content (AvgIpc) is 2.88. The highest BCUT2D eigenvalue weighted by Crippen LogP contribution is 2.31. The van der Waals surface area contributed by atoms with Crippen LogP contribution in [0.1, 0.15) is 36.9 Å². The summed E-state index contributed by atoms with van der Waals surface area (Å²) in [7, 11) is 0. The Labute approximate surface area is 94.7 Å². The number of aromatic nitrogens is 1. The van der Waals surface area contributed by atoms with Crippen molar-refractivity contribution in [3.63, 3.8) is 0 Å². The van der Waals surface area contributed by atoms with Crippen LogP contribution < -0.4 is 5.73 Å². The second kappa shape index (κ2) is 4.20. The smallest absolute Gasteiger partial charge is 0.0983 e. The molecule has 1 aliphatic rings. The van der Waals surface area contributed by atoms with Crippen molar-refractivity contribution in [1.82, 2.24) is 4.98 Å². The number of nitrogens with two attached hydrogens (primary N) is 1. The van der Waals surface area contributed by atoms with Gasteiger partial charge >= 0.3 is 0 Å². The molecule has 1 aromatic rings. The Balaban J connectivity index is 2.16. The van der Waals surface area contributed by atoms with Gasteiger partial charge < -0.3 is 10.5 Å². The van der Waals surface area contributed by atoms with E-state index in [2.05, 4.69) is 19.2 Å². The Morgan fingerprint density at radius 2 is 2.47 bits per heavy atom. The molecule has 0 amide bonds. The van der Waals surface area contributed by atoms with Gasteiger partial charge in [0.25, 0.3) is 0 Å². The molecule has 0 bridgehead atoms. The largest absolute Gasteiger partial charge is 0.381 e. The first-order chi connectivity index (χ1) is 7.13. The summed E-state index contributed by atoms with van der Waals surface area (Å²) in [5.41, 5.74) is 6.86. The van der Waals surface area contributed by atoms with E-state index >= 15 is 0 Å². The molecule has 0 spiro atoms. The van der Waals surface area contributed by atoms with Crippen LogP contribution in [0.2, 0.25) is 0 Å². The summed E-state index contributed by atoms with van der Waals surface area (Å²) in [6.45, 7) is 6.61. The van der Waals surface area contributed by atoms with Crippen molar-refractivity contribution in [2.24, 2.45) is 5.73 Å². The second-order valence-corrected chi connectivity index (χ2v) is 5.61. The molecule has 3 nitrogen and oxygen atoms in total. The number of hydrogen-bond donors (Lipinski definition) is 1. The van der Waals surface area contributed by atoms with Crippen LogP contribution in [0, 0.1) is 0 Å². The molecule has 1 fully saturated rings. The highest BCUT2D eigenvalue weighted by molar-refractivity contribution is 7.09. The molecule has 4 heteroatoms. The Hall–Kier alpha value is -0.450. The maximum absolute atomic E-state index is 5.74. The van der Waals surface area contributed by atoms with Crippen LogP contribution in [0.25, 0.3) is 0 Å². The average molecular weight is 226 g/mol. The first kappa shape index (κ1) is 11.0. The maximum Gasteiger partial charge on any atom is 0.0983 e. The van der Waals surface area contributed by atoms with Gasteiger partial charge in [-0.1, -0.05) is 13.8 Å². The van der Waals surface area contributed by atoms with Crippen LogP contribution in [0.3, 0.4) is 0 Å². The molecule has 1 aliphatic heterocycles. The minimum Gasteiger partial charge on any atom is -0.381 e. The van der Waals surface area contributed by atoms with Gasteiger partial charge in [0.15, 0.2) is 0 Å². The van der Waals surface area contributed by atoms with Crippen molar-refractivity contribution in [2.45, 2.75) is 31.6 Å². The zero-order valence-corrected chi connectivity index (χ0v) is 10.1. The van der Waals surface area contributed by atoms with Gasteiger partial charge in [-0.2, -0.15) is 0 Å². The van der Waals surface area contributed by atoms with Crippen LogP contribution in [0.15, 0.2) is 5.38 Å². The van der Waals surface area contributed by atoms with Crippen molar-refractivity contribution in [3.05, 3.63) is 16.1 Å². The number of nitrogens with zero attached hydrogens (tertiary/aromatic N) is 1. The molecule has 2 rings (SSSR count). The summed E-state index contributed by atoms with van der Waals surface area (Å²) < 4.78 is 5.37. The van der Waals surface area contributed by atoms with E-state index in [1.54, 1.807) is 11.3 Å². The van der Waals surface area contributed by atoms with Crippen molar-refractivity contribution in [3.8, 4) is 0 Å². The van der Waals surface area contributed by atoms with Gasteiger partial charge in [0.1, 0.15) is 0 Å². The van der Waals surface area contributed by atoms with E-state index in [1.165, 1.54) is 5.01 Å². The molecule has 15 heavy (non-hydrogen) atoms. The zero-order chi connectivity index (χ0) is 10.9. The fraction of sp³-hybridized carbons (Fsp3) is 0.727. The minimum absolute atomic E-state index is 0.00574. The lowest BCUT2D eigenvalue weighted by atomic mass is 9.90. The topological polar surface area (TPSA) is 48.1 Å². The molecule has 0 saturated carbocycles. The fourth-order valence-electron chi connectivity index (χ4n) is 1.62. The molecule has 0 aromatic carbocycles. The maximum atomic E-state index is 5.74. The van der Waals surface area contributed by atoms with Gasteiger partial charge in [0.2, 0.25) is 0 Å². The number of rotatable bonds is 3. The van der Waals surface area contributed by atoms with E-state index in [-0.39, 0.29) is 5.41 Å². The predicted octanol–water partition coefficient (Wildman–Crippen LogP) is 1.88. The normalized spacial score (nSPS) is 22.2. The molecule has 2 N–H and O–H groups in total. The molecule has 1 atom stereocenters. The van der Waals surface area contributed by atoms with E-state index in [0.29, 0.717) is 12.5 Å². The monoisotopic (exact) mass is 226 g/mol. The SMILES string of the molecule is CC(C)(CN)c1csc(C2CCOC2)n1. The molecule has 1 unspecified atom stereocenters. The van der Waals surface area contributed by atoms with Crippen molar-refractivity contribution in [2.75, 3.05) is 19.8 Å². The van der Waals surface area contributed by atoms with Gasteiger partial charge in [-0.25, -0.2) is 4.98 Å². The Morgan fingerprint density at radius 1 is 1.67 bits per heavy atom. The summed E-state index contributed by atoms with van der Waals surface area (Å²) in [5, 5.41) is 3.35. The second-order valence-electron chi connectivity index (χ2n) is 4.72. The quantitative estimate of drug-likeness (QED) is 0.856. The van der Waals surface area contributed by atoms with Gasteiger partial charge in [-0.05, 0) is 6.42 Å². The highest BCUT2D eigenvalue weighted by atomic mass is 32.1. The number of ether oxygens (including phenoxy) is 1. The van der Waals surface area contributed by atoms with Crippen molar-refractivity contribution in [1.29, 1.82) is 0 Å². The van der Waals surface area contributed by atoms with Crippen LogP contribution in [0.4, 0.5) is 0 Å². The van der Waals surface area contributed by atoms with Crippen LogP contribution in [-0.4, -0.2) is 24.7 Å². The summed E-state index contributed by atoms with van der Waals surface area (Å²) in [5.74, 6) is 0.511. The lowest BCUT2D eigenvalue weighted by Crippen LogP contribution is -2.28. The van der Waals surface area contributed by atoms with Crippen LogP contribution in [0.5, 0.6) is 0 Å². The van der Waals surface area contributed by atoms with E-state index in [4.69, 9.17) is 15.5 Å². The third kappa shape index (κ3) is 2.22. The Kier molecular flexibility index (Phi) is 3.09. The molecule has 84 valence electrons. The van der Waals surface area contributed by atoms with E-state index in [9.17, 15) is 0 Å². The summed E-state index contributed by atoms with van der Waals surface area (Å²) in [6, 6.07) is 0. The molecule has 2 heterocycles. The van der Waals surface area contributed by atoms with Crippen LogP contribution in [-0.2, 0) is 10.2 Å². The number of hydrogen-bond acceptors (Lipinski definition) is 4. The predicted molar refractivity (Wildman–Crippen MR) is 62.4 cm³/mol. The van der Waals surface area contributed by atoms with Gasteiger partial charge in [-0.15, -0.1) is 11.3 Å². The van der Waals surface area contributed by atoms with E-state index in [0.717, 1.165) is 25.3 Å². The fourth-order valence-corrected chi connectivity index (χ4v) is 2.75. The van der Waals surface area contributed by atoms with Gasteiger partial charge in [-0.3, -0.25) is 0 Å². The molecule has 1 aromatic heterocycles. The minimum atomic E-state index is -0.00574. The Bertz CT molecular complexity index is 329. The first-order valence-electron chi connectivity index (χ1n) is 5.37.